The highest BCUT2D eigenvalue weighted by Gasteiger charge is 2.26. The second-order valence-corrected chi connectivity index (χ2v) is 10.9. The van der Waals surface area contributed by atoms with Crippen molar-refractivity contribution >= 4 is 33.6 Å². The van der Waals surface area contributed by atoms with Gasteiger partial charge in [-0.25, -0.2) is 9.37 Å². The zero-order chi connectivity index (χ0) is 30.0. The standard InChI is InChI=1S/C33H29FN6O3/c1-17-22(13-25(34)32-31(17)36-9-10-43-32)30-23(15-29(41)42)18(2)38-33-24(30)14-28(39(33)3)20-7-8-35-26(12-20)19-5-6-27-21(11-19)16-37-40(27)4/h5-8,11-14,16,36H,9-10,15H2,1-4H3,(H,41,42). The molecule has 0 aliphatic carbocycles. The van der Waals surface area contributed by atoms with Gasteiger partial charge in [0, 0.05) is 54.4 Å². The zero-order valence-electron chi connectivity index (χ0n) is 24.2. The fourth-order valence-electron chi connectivity index (χ4n) is 6.17. The van der Waals surface area contributed by atoms with Crippen LogP contribution in [0.25, 0.3) is 55.6 Å². The molecule has 0 fully saturated rings. The largest absolute Gasteiger partial charge is 0.486 e. The zero-order valence-corrected chi connectivity index (χ0v) is 24.2. The number of benzene rings is 2. The number of carboxylic acids is 1. The van der Waals surface area contributed by atoms with E-state index >= 15 is 4.39 Å². The van der Waals surface area contributed by atoms with E-state index in [4.69, 9.17) is 9.72 Å². The van der Waals surface area contributed by atoms with Gasteiger partial charge >= 0.3 is 5.97 Å². The Balaban J connectivity index is 1.44. The molecule has 0 amide bonds. The van der Waals surface area contributed by atoms with Crippen LogP contribution in [-0.2, 0) is 25.3 Å². The van der Waals surface area contributed by atoms with E-state index in [9.17, 15) is 9.90 Å². The van der Waals surface area contributed by atoms with E-state index in [2.05, 4.69) is 21.5 Å². The van der Waals surface area contributed by atoms with Crippen molar-refractivity contribution in [3.8, 4) is 39.4 Å². The summed E-state index contributed by atoms with van der Waals surface area (Å²) >= 11 is 0. The minimum atomic E-state index is -0.983. The molecule has 0 radical (unpaired) electrons. The molecule has 9 nitrogen and oxygen atoms in total. The average Bonchev–Trinajstić information content (AvgIpc) is 3.54. The molecule has 0 spiro atoms. The molecule has 0 saturated heterocycles. The van der Waals surface area contributed by atoms with Crippen LogP contribution in [0.5, 0.6) is 5.75 Å². The van der Waals surface area contributed by atoms with Gasteiger partial charge in [-0.1, -0.05) is 6.07 Å². The molecule has 216 valence electrons. The van der Waals surface area contributed by atoms with Crippen LogP contribution < -0.4 is 10.1 Å². The maximum atomic E-state index is 15.4. The second-order valence-electron chi connectivity index (χ2n) is 10.9. The summed E-state index contributed by atoms with van der Waals surface area (Å²) in [6.45, 7) is 4.63. The molecule has 5 heterocycles. The van der Waals surface area contributed by atoms with Crippen molar-refractivity contribution in [1.29, 1.82) is 0 Å². The molecule has 4 aromatic heterocycles. The number of nitrogens with zero attached hydrogens (tertiary/aromatic N) is 5. The van der Waals surface area contributed by atoms with Gasteiger partial charge in [-0.3, -0.25) is 14.5 Å². The maximum absolute atomic E-state index is 15.4. The third-order valence-corrected chi connectivity index (χ3v) is 8.32. The first-order valence-electron chi connectivity index (χ1n) is 14.0. The van der Waals surface area contributed by atoms with E-state index in [0.717, 1.165) is 44.4 Å². The lowest BCUT2D eigenvalue weighted by Gasteiger charge is -2.24. The predicted molar refractivity (Wildman–Crippen MR) is 164 cm³/mol. The molecule has 6 aromatic rings. The lowest BCUT2D eigenvalue weighted by Crippen LogP contribution is -2.20. The van der Waals surface area contributed by atoms with Crippen molar-refractivity contribution in [1.82, 2.24) is 24.3 Å². The van der Waals surface area contributed by atoms with Gasteiger partial charge in [0.25, 0.3) is 0 Å². The average molecular weight is 577 g/mol. The number of rotatable bonds is 5. The molecule has 1 aliphatic heterocycles. The van der Waals surface area contributed by atoms with Crippen molar-refractivity contribution in [2.45, 2.75) is 20.3 Å². The topological polar surface area (TPSA) is 107 Å². The quantitative estimate of drug-likeness (QED) is 0.258. The van der Waals surface area contributed by atoms with Gasteiger partial charge in [0.1, 0.15) is 12.3 Å². The Morgan fingerprint density at radius 1 is 1.12 bits per heavy atom. The third kappa shape index (κ3) is 4.29. The molecule has 1 aliphatic rings. The molecule has 2 N–H and O–H groups in total. The summed E-state index contributed by atoms with van der Waals surface area (Å²) in [5, 5.41) is 19.2. The molecule has 0 saturated carbocycles. The molecule has 0 unspecified atom stereocenters. The number of hydrogen-bond donors (Lipinski definition) is 2. The Kier molecular flexibility index (Phi) is 6.16. The van der Waals surface area contributed by atoms with Crippen molar-refractivity contribution in [3.05, 3.63) is 77.5 Å². The number of nitrogens with one attached hydrogen (secondary N) is 1. The van der Waals surface area contributed by atoms with E-state index in [-0.39, 0.29) is 12.2 Å². The van der Waals surface area contributed by atoms with Crippen molar-refractivity contribution in [3.63, 3.8) is 0 Å². The second kappa shape index (κ2) is 9.94. The Morgan fingerprint density at radius 2 is 1.95 bits per heavy atom. The number of pyridine rings is 2. The van der Waals surface area contributed by atoms with Gasteiger partial charge in [-0.05, 0) is 72.5 Å². The number of halogens is 1. The molecule has 2 aromatic carbocycles. The number of fused-ring (bicyclic) bond motifs is 3. The lowest BCUT2D eigenvalue weighted by molar-refractivity contribution is -0.136. The van der Waals surface area contributed by atoms with E-state index in [1.165, 1.54) is 6.07 Å². The Bertz CT molecular complexity index is 2110. The first kappa shape index (κ1) is 26.6. The molecule has 0 atom stereocenters. The van der Waals surface area contributed by atoms with Crippen molar-refractivity contribution in [2.75, 3.05) is 18.5 Å². The minimum Gasteiger partial charge on any atom is -0.486 e. The summed E-state index contributed by atoms with van der Waals surface area (Å²) in [7, 11) is 3.85. The third-order valence-electron chi connectivity index (χ3n) is 8.32. The molecule has 10 heteroatoms. The predicted octanol–water partition coefficient (Wildman–Crippen LogP) is 6.04. The number of carboxylic acid groups (broad SMARTS) is 1. The summed E-state index contributed by atoms with van der Waals surface area (Å²) in [5.41, 5.74) is 9.07. The lowest BCUT2D eigenvalue weighted by atomic mass is 9.90. The minimum absolute atomic E-state index is 0.192. The summed E-state index contributed by atoms with van der Waals surface area (Å²) in [6.07, 6.45) is 3.37. The van der Waals surface area contributed by atoms with Gasteiger partial charge in [0.2, 0.25) is 0 Å². The van der Waals surface area contributed by atoms with E-state index in [0.29, 0.717) is 46.9 Å². The van der Waals surface area contributed by atoms with E-state index in [1.54, 1.807) is 13.1 Å². The van der Waals surface area contributed by atoms with Gasteiger partial charge < -0.3 is 19.7 Å². The van der Waals surface area contributed by atoms with Crippen LogP contribution in [0.15, 0.2) is 54.9 Å². The summed E-state index contributed by atoms with van der Waals surface area (Å²) < 4.78 is 24.9. The first-order valence-corrected chi connectivity index (χ1v) is 14.0. The number of aromatic nitrogens is 5. The molecule has 7 rings (SSSR count). The van der Waals surface area contributed by atoms with Crippen LogP contribution in [0.4, 0.5) is 10.1 Å². The van der Waals surface area contributed by atoms with Crippen molar-refractivity contribution in [2.24, 2.45) is 14.1 Å². The van der Waals surface area contributed by atoms with E-state index < -0.39 is 11.8 Å². The molecular formula is C33H29FN6O3. The number of aliphatic carboxylic acids is 1. The number of ether oxygens (including phenoxy) is 1. The van der Waals surface area contributed by atoms with Crippen molar-refractivity contribution < 1.29 is 19.0 Å². The molecule has 43 heavy (non-hydrogen) atoms. The number of hydrogen-bond acceptors (Lipinski definition) is 6. The highest BCUT2D eigenvalue weighted by atomic mass is 19.1. The van der Waals surface area contributed by atoms with Crippen LogP contribution in [-0.4, -0.2) is 48.5 Å². The SMILES string of the molecule is Cc1nc2c(cc(-c3ccnc(-c4ccc5c(cnn5C)c4)c3)n2C)c(-c2cc(F)c3c(c2C)NCCO3)c1CC(=O)O. The van der Waals surface area contributed by atoms with Crippen LogP contribution in [0.1, 0.15) is 16.8 Å². The van der Waals surface area contributed by atoms with Gasteiger partial charge in [-0.2, -0.15) is 5.10 Å². The molecule has 0 bridgehead atoms. The van der Waals surface area contributed by atoms with E-state index in [1.807, 2.05) is 66.8 Å². The Hall–Kier alpha value is -5.25. The Morgan fingerprint density at radius 3 is 2.77 bits per heavy atom. The highest BCUT2D eigenvalue weighted by molar-refractivity contribution is 6.01. The highest BCUT2D eigenvalue weighted by Crippen LogP contribution is 2.44. The van der Waals surface area contributed by atoms with Crippen LogP contribution in [0, 0.1) is 19.7 Å². The summed E-state index contributed by atoms with van der Waals surface area (Å²) in [5.74, 6) is -1.28. The monoisotopic (exact) mass is 576 g/mol. The smallest absolute Gasteiger partial charge is 0.307 e. The Labute approximate surface area is 246 Å². The molecular weight excluding hydrogens is 547 g/mol. The number of anilines is 1. The number of aryl methyl sites for hydroxylation is 3. The summed E-state index contributed by atoms with van der Waals surface area (Å²) in [4.78, 5) is 21.5. The first-order chi connectivity index (χ1) is 20.7. The van der Waals surface area contributed by atoms with Gasteiger partial charge in [-0.15, -0.1) is 0 Å². The van der Waals surface area contributed by atoms with Crippen LogP contribution in [0.2, 0.25) is 0 Å². The van der Waals surface area contributed by atoms with Crippen LogP contribution >= 0.6 is 0 Å². The fourth-order valence-corrected chi connectivity index (χ4v) is 6.17. The number of carbonyl (C=O) groups is 1. The maximum Gasteiger partial charge on any atom is 0.307 e. The van der Waals surface area contributed by atoms with Gasteiger partial charge in [0.05, 0.1) is 35.2 Å². The fraction of sp³-hybridized carbons (Fsp3) is 0.212. The van der Waals surface area contributed by atoms with Gasteiger partial charge in [0.15, 0.2) is 11.6 Å². The normalized spacial score (nSPS) is 12.8. The van der Waals surface area contributed by atoms with Crippen LogP contribution in [0.3, 0.4) is 0 Å². The summed E-state index contributed by atoms with van der Waals surface area (Å²) in [6, 6.07) is 13.6.